The summed E-state index contributed by atoms with van der Waals surface area (Å²) in [5, 5.41) is 2.32. The second-order valence-electron chi connectivity index (χ2n) is 5.16. The zero-order chi connectivity index (χ0) is 14.1. The first kappa shape index (κ1) is 13.3. The van der Waals surface area contributed by atoms with Gasteiger partial charge >= 0.3 is 0 Å². The van der Waals surface area contributed by atoms with Gasteiger partial charge in [-0.3, -0.25) is 0 Å². The predicted molar refractivity (Wildman–Crippen MR) is 87.5 cm³/mol. The largest absolute Gasteiger partial charge is 0.389 e. The molecule has 0 spiro atoms. The number of rotatable bonds is 2. The van der Waals surface area contributed by atoms with Crippen molar-refractivity contribution in [3.8, 4) is 0 Å². The van der Waals surface area contributed by atoms with E-state index in [4.69, 9.17) is 22.7 Å². The van der Waals surface area contributed by atoms with E-state index in [-0.39, 0.29) is 0 Å². The highest BCUT2D eigenvalue weighted by Crippen LogP contribution is 2.31. The Kier molecular flexibility index (Phi) is 3.59. The molecule has 0 radical (unpaired) electrons. The normalized spacial score (nSPS) is 19.2. The fraction of sp³-hybridized carbons (Fsp3) is 0.312. The lowest BCUT2D eigenvalue weighted by Gasteiger charge is -2.36. The van der Waals surface area contributed by atoms with Crippen LogP contribution in [0.5, 0.6) is 0 Å². The molecule has 1 atom stereocenters. The van der Waals surface area contributed by atoms with Crippen molar-refractivity contribution < 1.29 is 4.74 Å². The second kappa shape index (κ2) is 5.38. The molecule has 0 saturated carbocycles. The molecule has 2 aromatic rings. The number of hydrogen-bond acceptors (Lipinski definition) is 3. The van der Waals surface area contributed by atoms with Crippen molar-refractivity contribution in [2.24, 2.45) is 5.73 Å². The maximum atomic E-state index is 5.83. The van der Waals surface area contributed by atoms with Gasteiger partial charge in [0.2, 0.25) is 0 Å². The number of hydrogen-bond donors (Lipinski definition) is 1. The Hall–Kier alpha value is -1.65. The number of anilines is 1. The molecule has 20 heavy (non-hydrogen) atoms. The summed E-state index contributed by atoms with van der Waals surface area (Å²) < 4.78 is 5.53. The lowest BCUT2D eigenvalue weighted by atomic mass is 10.0. The average molecular weight is 286 g/mol. The first-order valence-electron chi connectivity index (χ1n) is 6.84. The van der Waals surface area contributed by atoms with Gasteiger partial charge in [-0.05, 0) is 24.4 Å². The molecule has 1 aliphatic rings. The first-order valence-corrected chi connectivity index (χ1v) is 7.25. The Labute approximate surface area is 124 Å². The van der Waals surface area contributed by atoms with Crippen molar-refractivity contribution >= 4 is 33.7 Å². The smallest absolute Gasteiger partial charge is 0.104 e. The van der Waals surface area contributed by atoms with Crippen molar-refractivity contribution in [2.45, 2.75) is 13.0 Å². The van der Waals surface area contributed by atoms with Crippen molar-refractivity contribution in [3.63, 3.8) is 0 Å². The minimum atomic E-state index is 0.378. The molecule has 4 heteroatoms. The Morgan fingerprint density at radius 2 is 2.00 bits per heavy atom. The third kappa shape index (κ3) is 2.25. The number of nitrogens with two attached hydrogens (primary N) is 1. The summed E-state index contributed by atoms with van der Waals surface area (Å²) in [6.45, 7) is 4.65. The lowest BCUT2D eigenvalue weighted by molar-refractivity contribution is 0.0991. The summed E-state index contributed by atoms with van der Waals surface area (Å²) in [6, 6.07) is 12.8. The minimum Gasteiger partial charge on any atom is -0.389 e. The van der Waals surface area contributed by atoms with Crippen LogP contribution in [0.2, 0.25) is 0 Å². The van der Waals surface area contributed by atoms with E-state index in [1.165, 1.54) is 11.1 Å². The van der Waals surface area contributed by atoms with Crippen LogP contribution in [-0.4, -0.2) is 30.8 Å². The Bertz CT molecular complexity index is 656. The van der Waals surface area contributed by atoms with Crippen LogP contribution in [0, 0.1) is 0 Å². The first-order chi connectivity index (χ1) is 9.68. The highest BCUT2D eigenvalue weighted by atomic mass is 32.1. The maximum absolute atomic E-state index is 5.83. The SMILES string of the molecule is CC1COCCN1c1ccc(C(N)=S)c2ccccc12. The van der Waals surface area contributed by atoms with Crippen LogP contribution in [0.1, 0.15) is 12.5 Å². The Morgan fingerprint density at radius 1 is 1.25 bits per heavy atom. The fourth-order valence-corrected chi connectivity index (χ4v) is 3.01. The van der Waals surface area contributed by atoms with Gasteiger partial charge in [-0.25, -0.2) is 0 Å². The van der Waals surface area contributed by atoms with Crippen molar-refractivity contribution in [2.75, 3.05) is 24.7 Å². The molecule has 0 aromatic heterocycles. The van der Waals surface area contributed by atoms with Crippen LogP contribution in [0.3, 0.4) is 0 Å². The van der Waals surface area contributed by atoms with E-state index in [0.29, 0.717) is 11.0 Å². The molecule has 2 aromatic carbocycles. The summed E-state index contributed by atoms with van der Waals surface area (Å²) in [6.07, 6.45) is 0. The van der Waals surface area contributed by atoms with Gasteiger partial charge < -0.3 is 15.4 Å². The molecule has 2 N–H and O–H groups in total. The highest BCUT2D eigenvalue weighted by Gasteiger charge is 2.21. The van der Waals surface area contributed by atoms with E-state index in [9.17, 15) is 0 Å². The van der Waals surface area contributed by atoms with Crippen molar-refractivity contribution in [1.29, 1.82) is 0 Å². The van der Waals surface area contributed by atoms with Gasteiger partial charge in [0, 0.05) is 29.2 Å². The number of fused-ring (bicyclic) bond motifs is 1. The van der Waals surface area contributed by atoms with Gasteiger partial charge in [0.05, 0.1) is 13.2 Å². The molecule has 1 fully saturated rings. The highest BCUT2D eigenvalue weighted by molar-refractivity contribution is 7.80. The molecule has 0 bridgehead atoms. The Balaban J connectivity index is 2.17. The third-order valence-electron chi connectivity index (χ3n) is 3.84. The molecule has 3 rings (SSSR count). The van der Waals surface area contributed by atoms with E-state index in [1.54, 1.807) is 0 Å². The molecule has 0 aliphatic carbocycles. The summed E-state index contributed by atoms with van der Waals surface area (Å²) in [4.78, 5) is 2.85. The number of ether oxygens (including phenoxy) is 1. The zero-order valence-corrected chi connectivity index (χ0v) is 12.3. The van der Waals surface area contributed by atoms with E-state index in [2.05, 4.69) is 36.1 Å². The van der Waals surface area contributed by atoms with Crippen LogP contribution < -0.4 is 10.6 Å². The van der Waals surface area contributed by atoms with Crippen molar-refractivity contribution in [3.05, 3.63) is 42.0 Å². The van der Waals surface area contributed by atoms with Gasteiger partial charge in [0.25, 0.3) is 0 Å². The van der Waals surface area contributed by atoms with Gasteiger partial charge in [-0.2, -0.15) is 0 Å². The number of benzene rings is 2. The molecule has 3 nitrogen and oxygen atoms in total. The lowest BCUT2D eigenvalue weighted by Crippen LogP contribution is -2.43. The van der Waals surface area contributed by atoms with Gasteiger partial charge in [0.1, 0.15) is 4.99 Å². The average Bonchev–Trinajstić information content (AvgIpc) is 2.46. The molecule has 1 saturated heterocycles. The van der Waals surface area contributed by atoms with E-state index >= 15 is 0 Å². The molecule has 1 heterocycles. The standard InChI is InChI=1S/C16H18N2OS/c1-11-10-19-9-8-18(11)15-7-6-14(16(17)20)12-4-2-3-5-13(12)15/h2-7,11H,8-10H2,1H3,(H2,17,20). The van der Waals surface area contributed by atoms with Crippen LogP contribution in [0.15, 0.2) is 36.4 Å². The predicted octanol–water partition coefficient (Wildman–Crippen LogP) is 2.70. The number of nitrogens with zero attached hydrogens (tertiary/aromatic N) is 1. The van der Waals surface area contributed by atoms with E-state index < -0.39 is 0 Å². The summed E-state index contributed by atoms with van der Waals surface area (Å²) in [7, 11) is 0. The fourth-order valence-electron chi connectivity index (χ4n) is 2.83. The van der Waals surface area contributed by atoms with Crippen LogP contribution >= 0.6 is 12.2 Å². The van der Waals surface area contributed by atoms with Crippen LogP contribution in [0.25, 0.3) is 10.8 Å². The summed E-state index contributed by atoms with van der Waals surface area (Å²) in [5.41, 5.74) is 8.01. The third-order valence-corrected chi connectivity index (χ3v) is 4.06. The topological polar surface area (TPSA) is 38.5 Å². The maximum Gasteiger partial charge on any atom is 0.104 e. The molecule has 1 unspecified atom stereocenters. The molecule has 104 valence electrons. The summed E-state index contributed by atoms with van der Waals surface area (Å²) >= 11 is 5.16. The van der Waals surface area contributed by atoms with E-state index in [0.717, 1.165) is 30.7 Å². The molecule has 1 aliphatic heterocycles. The van der Waals surface area contributed by atoms with Crippen molar-refractivity contribution in [1.82, 2.24) is 0 Å². The van der Waals surface area contributed by atoms with Crippen LogP contribution in [0.4, 0.5) is 5.69 Å². The van der Waals surface area contributed by atoms with Gasteiger partial charge in [-0.1, -0.05) is 36.5 Å². The monoisotopic (exact) mass is 286 g/mol. The minimum absolute atomic E-state index is 0.378. The van der Waals surface area contributed by atoms with Crippen LogP contribution in [-0.2, 0) is 4.74 Å². The zero-order valence-electron chi connectivity index (χ0n) is 11.5. The second-order valence-corrected chi connectivity index (χ2v) is 5.60. The molecule has 0 amide bonds. The quantitative estimate of drug-likeness (QED) is 0.862. The van der Waals surface area contributed by atoms with E-state index in [1.807, 2.05) is 12.1 Å². The number of thiocarbonyl (C=S) groups is 1. The summed E-state index contributed by atoms with van der Waals surface area (Å²) in [5.74, 6) is 0. The Morgan fingerprint density at radius 3 is 2.70 bits per heavy atom. The molecular weight excluding hydrogens is 268 g/mol. The van der Waals surface area contributed by atoms with Gasteiger partial charge in [-0.15, -0.1) is 0 Å². The number of morpholine rings is 1. The van der Waals surface area contributed by atoms with Gasteiger partial charge in [0.15, 0.2) is 0 Å². The molecular formula is C16H18N2OS.